The van der Waals surface area contributed by atoms with Crippen molar-refractivity contribution in [2.24, 2.45) is 0 Å². The molecule has 1 aliphatic rings. The van der Waals surface area contributed by atoms with Gasteiger partial charge < -0.3 is 15.3 Å². The molecule has 0 spiro atoms. The number of carboxylic acid groups (broad SMARTS) is 1. The number of amides is 2. The van der Waals surface area contributed by atoms with Crippen LogP contribution in [0, 0.1) is 0 Å². The number of nitrogens with one attached hydrogen (secondary N) is 1. The first-order valence-corrected chi connectivity index (χ1v) is 8.22. The molecular weight excluding hydrogens is 288 g/mol. The van der Waals surface area contributed by atoms with Crippen LogP contribution in [-0.2, 0) is 4.79 Å². The molecule has 1 aliphatic heterocycles. The van der Waals surface area contributed by atoms with Crippen molar-refractivity contribution >= 4 is 23.8 Å². The van der Waals surface area contributed by atoms with Crippen molar-refractivity contribution in [2.45, 2.75) is 18.9 Å². The van der Waals surface area contributed by atoms with Gasteiger partial charge in [0.1, 0.15) is 0 Å². The van der Waals surface area contributed by atoms with Gasteiger partial charge in [0.2, 0.25) is 0 Å². The van der Waals surface area contributed by atoms with Crippen LogP contribution in [0.25, 0.3) is 0 Å². The van der Waals surface area contributed by atoms with Gasteiger partial charge in [-0.1, -0.05) is 30.3 Å². The van der Waals surface area contributed by atoms with E-state index < -0.39 is 12.0 Å². The Balaban J connectivity index is 2.03. The highest BCUT2D eigenvalue weighted by molar-refractivity contribution is 7.99. The summed E-state index contributed by atoms with van der Waals surface area (Å²) in [5.74, 6) is 1.08. The maximum Gasteiger partial charge on any atom is 0.317 e. The first kappa shape index (κ1) is 15.7. The first-order chi connectivity index (χ1) is 10.2. The van der Waals surface area contributed by atoms with Crippen molar-refractivity contribution in [1.29, 1.82) is 0 Å². The molecule has 1 fully saturated rings. The second-order valence-electron chi connectivity index (χ2n) is 4.96. The summed E-state index contributed by atoms with van der Waals surface area (Å²) >= 11 is 1.85. The fraction of sp³-hybridized carbons (Fsp3) is 0.467. The Labute approximate surface area is 128 Å². The van der Waals surface area contributed by atoms with Gasteiger partial charge in [0, 0.05) is 18.8 Å². The standard InChI is InChI=1S/C15H20N2O3S/c18-14(19)11-13(12-5-2-1-3-6-12)16-15(20)17-7-4-9-21-10-8-17/h1-3,5-6,13H,4,7-11H2,(H,16,20)(H,18,19). The van der Waals surface area contributed by atoms with E-state index in [4.69, 9.17) is 5.11 Å². The number of benzene rings is 1. The molecule has 21 heavy (non-hydrogen) atoms. The highest BCUT2D eigenvalue weighted by Crippen LogP contribution is 2.18. The first-order valence-electron chi connectivity index (χ1n) is 7.07. The van der Waals surface area contributed by atoms with E-state index in [0.29, 0.717) is 6.54 Å². The number of nitrogens with zero attached hydrogens (tertiary/aromatic N) is 1. The van der Waals surface area contributed by atoms with Crippen molar-refractivity contribution in [3.8, 4) is 0 Å². The van der Waals surface area contributed by atoms with Crippen molar-refractivity contribution < 1.29 is 14.7 Å². The lowest BCUT2D eigenvalue weighted by Gasteiger charge is -2.24. The van der Waals surface area contributed by atoms with Crippen LogP contribution in [-0.4, -0.2) is 46.6 Å². The summed E-state index contributed by atoms with van der Waals surface area (Å²) in [5.41, 5.74) is 0.817. The van der Waals surface area contributed by atoms with Gasteiger partial charge in [0.15, 0.2) is 0 Å². The minimum atomic E-state index is -0.921. The maximum atomic E-state index is 12.3. The van der Waals surface area contributed by atoms with Crippen LogP contribution in [0.15, 0.2) is 30.3 Å². The van der Waals surface area contributed by atoms with Gasteiger partial charge in [-0.3, -0.25) is 4.79 Å². The Kier molecular flexibility index (Phi) is 5.92. The van der Waals surface area contributed by atoms with Crippen LogP contribution < -0.4 is 5.32 Å². The molecule has 0 bridgehead atoms. The van der Waals surface area contributed by atoms with E-state index in [1.165, 1.54) is 0 Å². The van der Waals surface area contributed by atoms with E-state index in [9.17, 15) is 9.59 Å². The number of carboxylic acids is 1. The minimum Gasteiger partial charge on any atom is -0.481 e. The molecule has 2 amide bonds. The van der Waals surface area contributed by atoms with E-state index >= 15 is 0 Å². The third-order valence-corrected chi connectivity index (χ3v) is 4.44. The summed E-state index contributed by atoms with van der Waals surface area (Å²) in [4.78, 5) is 25.1. The molecule has 0 aliphatic carbocycles. The van der Waals surface area contributed by atoms with Gasteiger partial charge >= 0.3 is 12.0 Å². The summed E-state index contributed by atoms with van der Waals surface area (Å²) in [7, 11) is 0. The van der Waals surface area contributed by atoms with Crippen LogP contribution >= 0.6 is 11.8 Å². The molecule has 1 atom stereocenters. The van der Waals surface area contributed by atoms with Crippen molar-refractivity contribution in [3.63, 3.8) is 0 Å². The molecule has 1 unspecified atom stereocenters. The Hall–Kier alpha value is -1.69. The highest BCUT2D eigenvalue weighted by atomic mass is 32.2. The predicted octanol–water partition coefficient (Wildman–Crippen LogP) is 2.35. The molecule has 1 aromatic rings. The summed E-state index contributed by atoms with van der Waals surface area (Å²) in [6.07, 6.45) is 0.866. The number of thioether (sulfide) groups is 1. The number of rotatable bonds is 4. The van der Waals surface area contributed by atoms with Crippen LogP contribution in [0.4, 0.5) is 4.79 Å². The third-order valence-electron chi connectivity index (χ3n) is 3.39. The topological polar surface area (TPSA) is 69.6 Å². The summed E-state index contributed by atoms with van der Waals surface area (Å²) in [6, 6.07) is 8.57. The molecule has 2 N–H and O–H groups in total. The SMILES string of the molecule is O=C(O)CC(NC(=O)N1CCCSCC1)c1ccccc1. The molecule has 0 aromatic heterocycles. The quantitative estimate of drug-likeness (QED) is 0.896. The van der Waals surface area contributed by atoms with E-state index in [0.717, 1.165) is 30.0 Å². The Morgan fingerprint density at radius 3 is 2.71 bits per heavy atom. The van der Waals surface area contributed by atoms with E-state index in [2.05, 4.69) is 5.32 Å². The van der Waals surface area contributed by atoms with Crippen LogP contribution in [0.1, 0.15) is 24.4 Å². The van der Waals surface area contributed by atoms with Gasteiger partial charge in [0.25, 0.3) is 0 Å². The van der Waals surface area contributed by atoms with Gasteiger partial charge in [-0.15, -0.1) is 0 Å². The Morgan fingerprint density at radius 2 is 2.00 bits per heavy atom. The molecule has 0 radical (unpaired) electrons. The van der Waals surface area contributed by atoms with Crippen molar-refractivity contribution in [3.05, 3.63) is 35.9 Å². The lowest BCUT2D eigenvalue weighted by Crippen LogP contribution is -2.43. The van der Waals surface area contributed by atoms with Crippen molar-refractivity contribution in [2.75, 3.05) is 24.6 Å². The fourth-order valence-corrected chi connectivity index (χ4v) is 3.19. The normalized spacial score (nSPS) is 16.9. The number of carbonyl (C=O) groups is 2. The fourth-order valence-electron chi connectivity index (χ4n) is 2.30. The molecule has 2 rings (SSSR count). The average Bonchev–Trinajstić information content (AvgIpc) is 2.76. The molecule has 1 aromatic carbocycles. The smallest absolute Gasteiger partial charge is 0.317 e. The molecular formula is C15H20N2O3S. The average molecular weight is 308 g/mol. The van der Waals surface area contributed by atoms with Crippen LogP contribution in [0.2, 0.25) is 0 Å². The van der Waals surface area contributed by atoms with Gasteiger partial charge in [-0.25, -0.2) is 4.79 Å². The Bertz CT molecular complexity index is 473. The maximum absolute atomic E-state index is 12.3. The predicted molar refractivity (Wildman–Crippen MR) is 83.5 cm³/mol. The zero-order chi connectivity index (χ0) is 15.1. The number of aliphatic carboxylic acids is 1. The monoisotopic (exact) mass is 308 g/mol. The van der Waals surface area contributed by atoms with E-state index in [-0.39, 0.29) is 12.5 Å². The lowest BCUT2D eigenvalue weighted by molar-refractivity contribution is -0.137. The van der Waals surface area contributed by atoms with Gasteiger partial charge in [-0.2, -0.15) is 11.8 Å². The number of urea groups is 1. The highest BCUT2D eigenvalue weighted by Gasteiger charge is 2.22. The van der Waals surface area contributed by atoms with Gasteiger partial charge in [0.05, 0.1) is 12.5 Å². The number of hydrogen-bond acceptors (Lipinski definition) is 3. The third kappa shape index (κ3) is 4.97. The zero-order valence-electron chi connectivity index (χ0n) is 11.8. The molecule has 114 valence electrons. The Morgan fingerprint density at radius 1 is 1.24 bits per heavy atom. The lowest BCUT2D eigenvalue weighted by atomic mass is 10.0. The number of hydrogen-bond donors (Lipinski definition) is 2. The molecule has 1 saturated heterocycles. The molecule has 6 heteroatoms. The van der Waals surface area contributed by atoms with Gasteiger partial charge in [-0.05, 0) is 17.7 Å². The second-order valence-corrected chi connectivity index (χ2v) is 6.19. The largest absolute Gasteiger partial charge is 0.481 e. The molecule has 5 nitrogen and oxygen atoms in total. The minimum absolute atomic E-state index is 0.113. The molecule has 1 heterocycles. The zero-order valence-corrected chi connectivity index (χ0v) is 12.6. The van der Waals surface area contributed by atoms with Crippen LogP contribution in [0.5, 0.6) is 0 Å². The summed E-state index contributed by atoms with van der Waals surface area (Å²) in [6.45, 7) is 1.44. The molecule has 0 saturated carbocycles. The second kappa shape index (κ2) is 7.93. The van der Waals surface area contributed by atoms with Crippen LogP contribution in [0.3, 0.4) is 0 Å². The number of carbonyl (C=O) groups excluding carboxylic acids is 1. The van der Waals surface area contributed by atoms with Crippen molar-refractivity contribution in [1.82, 2.24) is 10.2 Å². The van der Waals surface area contributed by atoms with E-state index in [1.807, 2.05) is 42.1 Å². The van der Waals surface area contributed by atoms with E-state index in [1.54, 1.807) is 4.90 Å². The summed E-state index contributed by atoms with van der Waals surface area (Å²) < 4.78 is 0. The summed E-state index contributed by atoms with van der Waals surface area (Å²) in [5, 5.41) is 11.9.